The summed E-state index contributed by atoms with van der Waals surface area (Å²) in [6.07, 6.45) is 2.77. The van der Waals surface area contributed by atoms with E-state index in [1.54, 1.807) is 36.4 Å². The summed E-state index contributed by atoms with van der Waals surface area (Å²) in [7, 11) is 0. The van der Waals surface area contributed by atoms with Crippen molar-refractivity contribution in [3.05, 3.63) is 104 Å². The van der Waals surface area contributed by atoms with E-state index in [2.05, 4.69) is 31.5 Å². The molecular formula is C26H22BrCl2N3O2. The molecule has 0 spiro atoms. The van der Waals surface area contributed by atoms with Crippen molar-refractivity contribution >= 4 is 61.8 Å². The molecule has 3 aromatic carbocycles. The molecule has 0 fully saturated rings. The molecule has 34 heavy (non-hydrogen) atoms. The Labute approximate surface area is 216 Å². The van der Waals surface area contributed by atoms with Gasteiger partial charge in [0.05, 0.1) is 0 Å². The zero-order chi connectivity index (χ0) is 24.1. The minimum Gasteiger partial charge on any atom is -0.361 e. The van der Waals surface area contributed by atoms with Gasteiger partial charge in [-0.3, -0.25) is 9.59 Å². The van der Waals surface area contributed by atoms with Crippen molar-refractivity contribution in [2.24, 2.45) is 0 Å². The molecule has 5 nitrogen and oxygen atoms in total. The van der Waals surface area contributed by atoms with E-state index in [9.17, 15) is 9.59 Å². The summed E-state index contributed by atoms with van der Waals surface area (Å²) in [5.41, 5.74) is 3.30. The number of fused-ring (bicyclic) bond motifs is 1. The zero-order valence-corrected chi connectivity index (χ0v) is 21.2. The Morgan fingerprint density at radius 2 is 1.74 bits per heavy atom. The van der Waals surface area contributed by atoms with Crippen molar-refractivity contribution in [3.8, 4) is 0 Å². The predicted molar refractivity (Wildman–Crippen MR) is 141 cm³/mol. The van der Waals surface area contributed by atoms with Crippen LogP contribution in [-0.4, -0.2) is 29.4 Å². The number of aromatic amines is 1. The average Bonchev–Trinajstić information content (AvgIpc) is 3.23. The summed E-state index contributed by atoms with van der Waals surface area (Å²) in [5, 5.41) is 7.97. The number of carbonyl (C=O) groups is 2. The number of benzene rings is 3. The Balaban J connectivity index is 1.49. The Kier molecular flexibility index (Phi) is 7.93. The third-order valence-corrected chi connectivity index (χ3v) is 6.65. The van der Waals surface area contributed by atoms with Gasteiger partial charge in [-0.15, -0.1) is 0 Å². The SMILES string of the molecule is O=C(NC(Cc1c[nH]c2ccccc12)C(=O)NCCc1ccc(Cl)cc1Cl)c1ccc(Br)cc1. The maximum absolute atomic E-state index is 13.2. The summed E-state index contributed by atoms with van der Waals surface area (Å²) in [4.78, 5) is 29.3. The van der Waals surface area contributed by atoms with E-state index in [4.69, 9.17) is 23.2 Å². The fourth-order valence-corrected chi connectivity index (χ4v) is 4.51. The van der Waals surface area contributed by atoms with Crippen LogP contribution in [0.15, 0.2) is 77.4 Å². The first-order valence-corrected chi connectivity index (χ1v) is 12.3. The van der Waals surface area contributed by atoms with Gasteiger partial charge in [-0.05, 0) is 60.0 Å². The molecule has 1 aromatic heterocycles. The van der Waals surface area contributed by atoms with E-state index in [0.717, 1.165) is 26.5 Å². The fourth-order valence-electron chi connectivity index (χ4n) is 3.74. The number of hydrogen-bond donors (Lipinski definition) is 3. The van der Waals surface area contributed by atoms with Gasteiger partial charge in [-0.2, -0.15) is 0 Å². The summed E-state index contributed by atoms with van der Waals surface area (Å²) >= 11 is 15.6. The summed E-state index contributed by atoms with van der Waals surface area (Å²) in [5.74, 6) is -0.575. The summed E-state index contributed by atoms with van der Waals surface area (Å²) < 4.78 is 0.873. The van der Waals surface area contributed by atoms with E-state index in [1.807, 2.05) is 36.5 Å². The van der Waals surface area contributed by atoms with Gasteiger partial charge in [0.15, 0.2) is 0 Å². The van der Waals surface area contributed by atoms with E-state index in [1.165, 1.54) is 0 Å². The molecule has 1 heterocycles. The van der Waals surface area contributed by atoms with Crippen LogP contribution < -0.4 is 10.6 Å². The monoisotopic (exact) mass is 557 g/mol. The highest BCUT2D eigenvalue weighted by Gasteiger charge is 2.23. The van der Waals surface area contributed by atoms with Gasteiger partial charge in [0, 0.05) is 50.1 Å². The molecule has 2 amide bonds. The second-order valence-electron chi connectivity index (χ2n) is 7.87. The molecule has 0 aliphatic heterocycles. The van der Waals surface area contributed by atoms with Crippen LogP contribution in [0, 0.1) is 0 Å². The van der Waals surface area contributed by atoms with Crippen molar-refractivity contribution < 1.29 is 9.59 Å². The average molecular weight is 559 g/mol. The normalized spacial score (nSPS) is 11.9. The molecule has 4 rings (SSSR count). The van der Waals surface area contributed by atoms with E-state index < -0.39 is 6.04 Å². The number of para-hydroxylation sites is 1. The van der Waals surface area contributed by atoms with E-state index >= 15 is 0 Å². The van der Waals surface area contributed by atoms with E-state index in [0.29, 0.717) is 35.0 Å². The number of aromatic nitrogens is 1. The fraction of sp³-hybridized carbons (Fsp3) is 0.154. The van der Waals surface area contributed by atoms with Crippen LogP contribution in [0.1, 0.15) is 21.5 Å². The predicted octanol–water partition coefficient (Wildman–Crippen LogP) is 5.94. The van der Waals surface area contributed by atoms with Gasteiger partial charge >= 0.3 is 0 Å². The molecule has 8 heteroatoms. The van der Waals surface area contributed by atoms with Gasteiger partial charge < -0.3 is 15.6 Å². The van der Waals surface area contributed by atoms with Gasteiger partial charge in [0.2, 0.25) is 5.91 Å². The van der Waals surface area contributed by atoms with Crippen LogP contribution in [0.2, 0.25) is 10.0 Å². The zero-order valence-electron chi connectivity index (χ0n) is 18.1. The lowest BCUT2D eigenvalue weighted by Gasteiger charge is -2.19. The molecule has 0 bridgehead atoms. The van der Waals surface area contributed by atoms with Crippen LogP contribution in [0.5, 0.6) is 0 Å². The number of rotatable bonds is 8. The van der Waals surface area contributed by atoms with E-state index in [-0.39, 0.29) is 11.8 Å². The highest BCUT2D eigenvalue weighted by atomic mass is 79.9. The first kappa shape index (κ1) is 24.3. The maximum atomic E-state index is 13.2. The third-order valence-electron chi connectivity index (χ3n) is 5.54. The number of H-pyrrole nitrogens is 1. The highest BCUT2D eigenvalue weighted by molar-refractivity contribution is 9.10. The Bertz CT molecular complexity index is 1320. The molecule has 4 aromatic rings. The Morgan fingerprint density at radius 3 is 2.50 bits per heavy atom. The van der Waals surface area contributed by atoms with Crippen LogP contribution in [-0.2, 0) is 17.6 Å². The third kappa shape index (κ3) is 6.00. The van der Waals surface area contributed by atoms with Crippen molar-refractivity contribution in [1.29, 1.82) is 0 Å². The van der Waals surface area contributed by atoms with Gasteiger partial charge in [-0.1, -0.05) is 63.4 Å². The van der Waals surface area contributed by atoms with Crippen molar-refractivity contribution in [3.63, 3.8) is 0 Å². The lowest BCUT2D eigenvalue weighted by atomic mass is 10.0. The van der Waals surface area contributed by atoms with Crippen molar-refractivity contribution in [2.45, 2.75) is 18.9 Å². The second-order valence-corrected chi connectivity index (χ2v) is 9.63. The topological polar surface area (TPSA) is 74.0 Å². The number of nitrogens with one attached hydrogen (secondary N) is 3. The quantitative estimate of drug-likeness (QED) is 0.250. The second kappa shape index (κ2) is 11.1. The molecular weight excluding hydrogens is 537 g/mol. The van der Waals surface area contributed by atoms with Crippen molar-refractivity contribution in [1.82, 2.24) is 15.6 Å². The number of carbonyl (C=O) groups excluding carboxylic acids is 2. The van der Waals surface area contributed by atoms with Crippen molar-refractivity contribution in [2.75, 3.05) is 6.54 Å². The minimum absolute atomic E-state index is 0.263. The minimum atomic E-state index is -0.754. The number of halogens is 3. The van der Waals surface area contributed by atoms with Gasteiger partial charge in [0.1, 0.15) is 6.04 Å². The van der Waals surface area contributed by atoms with Crippen LogP contribution in [0.4, 0.5) is 0 Å². The molecule has 0 aliphatic carbocycles. The molecule has 3 N–H and O–H groups in total. The largest absolute Gasteiger partial charge is 0.361 e. The van der Waals surface area contributed by atoms with Crippen LogP contribution in [0.25, 0.3) is 10.9 Å². The highest BCUT2D eigenvalue weighted by Crippen LogP contribution is 2.22. The summed E-state index contributed by atoms with van der Waals surface area (Å²) in [6.45, 7) is 0.374. The molecule has 1 unspecified atom stereocenters. The maximum Gasteiger partial charge on any atom is 0.251 e. The Hall–Kier alpha value is -2.80. The van der Waals surface area contributed by atoms with Crippen LogP contribution in [0.3, 0.4) is 0 Å². The first-order valence-electron chi connectivity index (χ1n) is 10.7. The molecule has 0 radical (unpaired) electrons. The molecule has 0 saturated carbocycles. The number of hydrogen-bond acceptors (Lipinski definition) is 2. The lowest BCUT2D eigenvalue weighted by Crippen LogP contribution is -2.48. The van der Waals surface area contributed by atoms with Crippen LogP contribution >= 0.6 is 39.1 Å². The molecule has 1 atom stereocenters. The standard InChI is InChI=1S/C26H22BrCl2N3O2/c27-19-8-5-17(6-9-19)25(33)32-24(13-18-15-31-23-4-2-1-3-21(18)23)26(34)30-12-11-16-7-10-20(28)14-22(16)29/h1-10,14-15,24,31H,11-13H2,(H,30,34)(H,32,33). The number of amides is 2. The Morgan fingerprint density at radius 1 is 0.971 bits per heavy atom. The van der Waals surface area contributed by atoms with Gasteiger partial charge in [-0.25, -0.2) is 0 Å². The molecule has 174 valence electrons. The lowest BCUT2D eigenvalue weighted by molar-refractivity contribution is -0.122. The summed E-state index contributed by atoms with van der Waals surface area (Å²) in [6, 6.07) is 19.4. The molecule has 0 aliphatic rings. The first-order chi connectivity index (χ1) is 16.4. The smallest absolute Gasteiger partial charge is 0.251 e. The van der Waals surface area contributed by atoms with Gasteiger partial charge in [0.25, 0.3) is 5.91 Å². The molecule has 0 saturated heterocycles.